The van der Waals surface area contributed by atoms with Crippen LogP contribution in [-0.2, 0) is 4.79 Å². The van der Waals surface area contributed by atoms with E-state index >= 15 is 0 Å². The Kier molecular flexibility index (Phi) is 4.66. The number of pyridine rings is 1. The van der Waals surface area contributed by atoms with Gasteiger partial charge in [-0.1, -0.05) is 35.5 Å². The van der Waals surface area contributed by atoms with E-state index in [4.69, 9.17) is 4.52 Å². The van der Waals surface area contributed by atoms with Gasteiger partial charge < -0.3 is 9.63 Å². The number of nitrogens with one attached hydrogen (secondary N) is 1. The molecule has 2 heterocycles. The van der Waals surface area contributed by atoms with Gasteiger partial charge in [-0.15, -0.1) is 0 Å². The highest BCUT2D eigenvalue weighted by molar-refractivity contribution is 6.07. The van der Waals surface area contributed by atoms with E-state index in [0.717, 1.165) is 5.56 Å². The number of aromatic nitrogens is 2. The van der Waals surface area contributed by atoms with Gasteiger partial charge in [-0.2, -0.15) is 0 Å². The summed E-state index contributed by atoms with van der Waals surface area (Å²) < 4.78 is 5.02. The van der Waals surface area contributed by atoms with E-state index in [0.29, 0.717) is 5.56 Å². The van der Waals surface area contributed by atoms with Gasteiger partial charge in [0.1, 0.15) is 5.69 Å². The number of carboxylic acid groups (broad SMARTS) is 1. The van der Waals surface area contributed by atoms with E-state index in [-0.39, 0.29) is 17.1 Å². The summed E-state index contributed by atoms with van der Waals surface area (Å²) in [5.74, 6) is -2.00. The molecule has 3 aromatic rings. The second-order valence-corrected chi connectivity index (χ2v) is 5.01. The van der Waals surface area contributed by atoms with Crippen LogP contribution < -0.4 is 5.32 Å². The maximum absolute atomic E-state index is 12.0. The molecule has 2 N–H and O–H groups in total. The number of carbonyl (C=O) groups excluding carboxylic acids is 1. The van der Waals surface area contributed by atoms with Crippen molar-refractivity contribution in [2.75, 3.05) is 5.32 Å². The molecule has 0 bridgehead atoms. The van der Waals surface area contributed by atoms with Crippen LogP contribution in [0.5, 0.6) is 0 Å². The molecule has 7 nitrogen and oxygen atoms in total. The van der Waals surface area contributed by atoms with Crippen LogP contribution in [0.2, 0.25) is 0 Å². The van der Waals surface area contributed by atoms with E-state index < -0.39 is 11.9 Å². The molecule has 0 saturated heterocycles. The van der Waals surface area contributed by atoms with Crippen molar-refractivity contribution < 1.29 is 19.2 Å². The second kappa shape index (κ2) is 7.22. The van der Waals surface area contributed by atoms with Crippen LogP contribution in [0.1, 0.15) is 15.9 Å². The first kappa shape index (κ1) is 16.1. The fraction of sp³-hybridized carbons (Fsp3) is 0. The highest BCUT2D eigenvalue weighted by Gasteiger charge is 2.24. The molecule has 0 unspecified atom stereocenters. The average Bonchev–Trinajstić information content (AvgIpc) is 3.05. The molecule has 0 aliphatic heterocycles. The Labute approximate surface area is 142 Å². The SMILES string of the molecule is O=C(/C=C/c1ccccc1)Nc1onc(-c2ccncc2)c1C(=O)O. The molecule has 2 aromatic heterocycles. The van der Waals surface area contributed by atoms with Gasteiger partial charge in [0.15, 0.2) is 5.56 Å². The minimum absolute atomic E-state index is 0.122. The summed E-state index contributed by atoms with van der Waals surface area (Å²) in [4.78, 5) is 27.4. The first-order valence-electron chi connectivity index (χ1n) is 7.32. The third kappa shape index (κ3) is 3.78. The zero-order chi connectivity index (χ0) is 17.6. The van der Waals surface area contributed by atoms with Crippen LogP contribution in [0.25, 0.3) is 17.3 Å². The number of rotatable bonds is 5. The Bertz CT molecular complexity index is 918. The zero-order valence-corrected chi connectivity index (χ0v) is 12.9. The van der Waals surface area contributed by atoms with Crippen LogP contribution in [0.3, 0.4) is 0 Å². The van der Waals surface area contributed by atoms with Crippen LogP contribution >= 0.6 is 0 Å². The van der Waals surface area contributed by atoms with Crippen molar-refractivity contribution in [1.82, 2.24) is 10.1 Å². The quantitative estimate of drug-likeness (QED) is 0.694. The van der Waals surface area contributed by atoms with Crippen molar-refractivity contribution in [3.63, 3.8) is 0 Å². The molecular weight excluding hydrogens is 322 g/mol. The summed E-state index contributed by atoms with van der Waals surface area (Å²) in [6, 6.07) is 12.4. The molecule has 124 valence electrons. The number of carboxylic acids is 1. The monoisotopic (exact) mass is 335 g/mol. The molecule has 25 heavy (non-hydrogen) atoms. The van der Waals surface area contributed by atoms with Crippen LogP contribution in [0.4, 0.5) is 5.88 Å². The predicted octanol–water partition coefficient (Wildman–Crippen LogP) is 3.09. The Hall–Kier alpha value is -3.74. The summed E-state index contributed by atoms with van der Waals surface area (Å²) in [6.45, 7) is 0. The van der Waals surface area contributed by atoms with Crippen LogP contribution in [0, 0.1) is 0 Å². The fourth-order valence-corrected chi connectivity index (χ4v) is 2.17. The molecule has 3 rings (SSSR count). The highest BCUT2D eigenvalue weighted by atomic mass is 16.5. The summed E-state index contributed by atoms with van der Waals surface area (Å²) in [7, 11) is 0. The van der Waals surface area contributed by atoms with Gasteiger partial charge in [-0.25, -0.2) is 4.79 Å². The topological polar surface area (TPSA) is 105 Å². The largest absolute Gasteiger partial charge is 0.477 e. The lowest BCUT2D eigenvalue weighted by molar-refractivity contribution is -0.112. The number of nitrogens with zero attached hydrogens (tertiary/aromatic N) is 2. The van der Waals surface area contributed by atoms with Crippen molar-refractivity contribution >= 4 is 23.8 Å². The molecule has 0 spiro atoms. The number of anilines is 1. The lowest BCUT2D eigenvalue weighted by Gasteiger charge is -2.00. The molecule has 0 saturated carbocycles. The van der Waals surface area contributed by atoms with Gasteiger partial charge in [-0.05, 0) is 23.8 Å². The van der Waals surface area contributed by atoms with Gasteiger partial charge in [0, 0.05) is 24.0 Å². The number of hydrogen-bond donors (Lipinski definition) is 2. The lowest BCUT2D eigenvalue weighted by Crippen LogP contribution is -2.11. The van der Waals surface area contributed by atoms with Crippen molar-refractivity contribution in [1.29, 1.82) is 0 Å². The molecule has 0 atom stereocenters. The van der Waals surface area contributed by atoms with Crippen molar-refractivity contribution in [3.8, 4) is 11.3 Å². The van der Waals surface area contributed by atoms with Gasteiger partial charge in [0.2, 0.25) is 5.88 Å². The van der Waals surface area contributed by atoms with Crippen LogP contribution in [-0.4, -0.2) is 27.1 Å². The Morgan fingerprint density at radius 3 is 2.48 bits per heavy atom. The molecular formula is C18H13N3O4. The third-order valence-electron chi connectivity index (χ3n) is 3.32. The van der Waals surface area contributed by atoms with Gasteiger partial charge in [0.25, 0.3) is 5.91 Å². The number of benzene rings is 1. The van der Waals surface area contributed by atoms with E-state index in [1.165, 1.54) is 18.5 Å². The molecule has 0 aliphatic carbocycles. The number of hydrogen-bond acceptors (Lipinski definition) is 5. The molecule has 0 aliphatic rings. The Balaban J connectivity index is 1.83. The van der Waals surface area contributed by atoms with E-state index in [1.54, 1.807) is 18.2 Å². The summed E-state index contributed by atoms with van der Waals surface area (Å²) in [5.41, 5.74) is 1.27. The van der Waals surface area contributed by atoms with E-state index in [9.17, 15) is 14.7 Å². The average molecular weight is 335 g/mol. The summed E-state index contributed by atoms with van der Waals surface area (Å²) in [6.07, 6.45) is 5.92. The second-order valence-electron chi connectivity index (χ2n) is 5.01. The van der Waals surface area contributed by atoms with Crippen molar-refractivity contribution in [3.05, 3.63) is 72.1 Å². The molecule has 7 heteroatoms. The maximum atomic E-state index is 12.0. The highest BCUT2D eigenvalue weighted by Crippen LogP contribution is 2.28. The summed E-state index contributed by atoms with van der Waals surface area (Å²) >= 11 is 0. The zero-order valence-electron chi connectivity index (χ0n) is 12.9. The lowest BCUT2D eigenvalue weighted by atomic mass is 10.1. The molecule has 0 fully saturated rings. The number of amides is 1. The molecule has 1 amide bonds. The number of aromatic carboxylic acids is 1. The standard InChI is InChI=1S/C18H13N3O4/c22-14(7-6-12-4-2-1-3-5-12)20-17-15(18(23)24)16(21-25-17)13-8-10-19-11-9-13/h1-11H,(H,20,22)(H,23,24)/b7-6+. The Morgan fingerprint density at radius 1 is 1.08 bits per heavy atom. The first-order valence-corrected chi connectivity index (χ1v) is 7.32. The fourth-order valence-electron chi connectivity index (χ4n) is 2.17. The van der Waals surface area contributed by atoms with Crippen molar-refractivity contribution in [2.24, 2.45) is 0 Å². The van der Waals surface area contributed by atoms with Crippen LogP contribution in [0.15, 0.2) is 65.5 Å². The minimum atomic E-state index is -1.25. The van der Waals surface area contributed by atoms with E-state index in [2.05, 4.69) is 15.5 Å². The number of carbonyl (C=O) groups is 2. The smallest absolute Gasteiger partial charge is 0.343 e. The first-order chi connectivity index (χ1) is 12.1. The normalized spacial score (nSPS) is 10.7. The molecule has 0 radical (unpaired) electrons. The minimum Gasteiger partial charge on any atom is -0.477 e. The Morgan fingerprint density at radius 2 is 1.80 bits per heavy atom. The van der Waals surface area contributed by atoms with Crippen molar-refractivity contribution in [2.45, 2.75) is 0 Å². The maximum Gasteiger partial charge on any atom is 0.343 e. The van der Waals surface area contributed by atoms with Gasteiger partial charge in [0.05, 0.1) is 0 Å². The molecule has 1 aromatic carbocycles. The van der Waals surface area contributed by atoms with Gasteiger partial charge in [-0.3, -0.25) is 15.1 Å². The third-order valence-corrected chi connectivity index (χ3v) is 3.32. The van der Waals surface area contributed by atoms with Gasteiger partial charge >= 0.3 is 5.97 Å². The predicted molar refractivity (Wildman–Crippen MR) is 90.8 cm³/mol. The summed E-state index contributed by atoms with van der Waals surface area (Å²) in [5, 5.41) is 15.6. The van der Waals surface area contributed by atoms with E-state index in [1.807, 2.05) is 30.3 Å².